The van der Waals surface area contributed by atoms with Crippen LogP contribution in [-0.4, -0.2) is 94.2 Å². The van der Waals surface area contributed by atoms with Gasteiger partial charge in [0, 0.05) is 44.8 Å². The Labute approximate surface area is 199 Å². The van der Waals surface area contributed by atoms with E-state index in [-0.39, 0.29) is 25.1 Å². The van der Waals surface area contributed by atoms with Crippen LogP contribution >= 0.6 is 11.3 Å². The average molecular weight is 479 g/mol. The Kier molecular flexibility index (Phi) is 9.95. The fourth-order valence-electron chi connectivity index (χ4n) is 4.02. The topological polar surface area (TPSA) is 80.7 Å². The first-order valence-electron chi connectivity index (χ1n) is 11.1. The van der Waals surface area contributed by atoms with Crippen molar-refractivity contribution in [1.82, 2.24) is 9.80 Å². The first kappa shape index (κ1) is 25.5. The van der Waals surface area contributed by atoms with Crippen LogP contribution in [0.3, 0.4) is 0 Å². The molecule has 1 aliphatic heterocycles. The van der Waals surface area contributed by atoms with Gasteiger partial charge in [-0.1, -0.05) is 6.07 Å². The summed E-state index contributed by atoms with van der Waals surface area (Å²) in [6.45, 7) is 2.77. The summed E-state index contributed by atoms with van der Waals surface area (Å²) >= 11 is 1.72. The lowest BCUT2D eigenvalue weighted by Gasteiger charge is -2.37. The first-order chi connectivity index (χ1) is 16.0. The Bertz CT molecular complexity index is 876. The molecule has 33 heavy (non-hydrogen) atoms. The molecule has 3 rings (SSSR count). The van der Waals surface area contributed by atoms with Crippen LogP contribution in [0.5, 0.6) is 11.5 Å². The first-order valence-corrected chi connectivity index (χ1v) is 11.9. The Morgan fingerprint density at radius 3 is 2.82 bits per heavy atom. The van der Waals surface area contributed by atoms with Gasteiger partial charge in [-0.25, -0.2) is 0 Å². The molecule has 1 aliphatic rings. The number of amides is 1. The molecule has 0 saturated heterocycles. The van der Waals surface area contributed by atoms with Crippen LogP contribution in [0, 0.1) is 0 Å². The molecular formula is C24H34N2O6S. The van der Waals surface area contributed by atoms with Gasteiger partial charge in [0.2, 0.25) is 5.91 Å². The number of rotatable bonds is 13. The van der Waals surface area contributed by atoms with Gasteiger partial charge in [0.15, 0.2) is 0 Å². The highest BCUT2D eigenvalue weighted by atomic mass is 32.1. The standard InChI is InChI=1S/C24H34N2O6S/c1-29-11-10-25(14-18(27)16-30-2)15-24(28)26-9-7-23-21(8-12-33-23)22(26)17-32-20-6-4-5-19(13-20)31-3/h4-6,8,12-13,18,22,27H,7,9-11,14-17H2,1-3H3/t18-,22+/m0/s1. The molecule has 1 aromatic heterocycles. The van der Waals surface area contributed by atoms with Gasteiger partial charge in [-0.2, -0.15) is 0 Å². The fraction of sp³-hybridized carbons (Fsp3) is 0.542. The number of ether oxygens (including phenoxy) is 4. The van der Waals surface area contributed by atoms with Crippen molar-refractivity contribution < 1.29 is 28.8 Å². The van der Waals surface area contributed by atoms with Crippen LogP contribution < -0.4 is 9.47 Å². The SMILES string of the molecule is COCCN(CC(=O)N1CCc2sccc2[C@H]1COc1cccc(OC)c1)C[C@H](O)COC. The molecule has 8 nitrogen and oxygen atoms in total. The van der Waals surface area contributed by atoms with Crippen molar-refractivity contribution >= 4 is 17.2 Å². The van der Waals surface area contributed by atoms with E-state index >= 15 is 0 Å². The number of hydrogen-bond donors (Lipinski definition) is 1. The van der Waals surface area contributed by atoms with Gasteiger partial charge in [-0.05, 0) is 35.6 Å². The highest BCUT2D eigenvalue weighted by Gasteiger charge is 2.33. The van der Waals surface area contributed by atoms with Crippen LogP contribution in [-0.2, 0) is 20.7 Å². The minimum absolute atomic E-state index is 0.00631. The van der Waals surface area contributed by atoms with E-state index < -0.39 is 6.10 Å². The Morgan fingerprint density at radius 1 is 1.24 bits per heavy atom. The predicted octanol–water partition coefficient (Wildman–Crippen LogP) is 2.22. The van der Waals surface area contributed by atoms with Crippen LogP contribution in [0.2, 0.25) is 0 Å². The molecule has 0 unspecified atom stereocenters. The number of fused-ring (bicyclic) bond motifs is 1. The molecule has 2 heterocycles. The average Bonchev–Trinajstić information content (AvgIpc) is 3.30. The second kappa shape index (κ2) is 12.9. The van der Waals surface area contributed by atoms with Gasteiger partial charge >= 0.3 is 0 Å². The van der Waals surface area contributed by atoms with Crippen LogP contribution in [0.25, 0.3) is 0 Å². The molecule has 9 heteroatoms. The van der Waals surface area contributed by atoms with E-state index in [4.69, 9.17) is 18.9 Å². The van der Waals surface area contributed by atoms with E-state index in [0.29, 0.717) is 38.6 Å². The molecule has 0 radical (unpaired) electrons. The molecule has 0 fully saturated rings. The molecule has 2 atom stereocenters. The monoisotopic (exact) mass is 478 g/mol. The Hall–Kier alpha value is -2.17. The largest absolute Gasteiger partial charge is 0.497 e. The van der Waals surface area contributed by atoms with Crippen molar-refractivity contribution in [2.75, 3.05) is 67.3 Å². The van der Waals surface area contributed by atoms with Gasteiger partial charge in [0.25, 0.3) is 0 Å². The Morgan fingerprint density at radius 2 is 2.06 bits per heavy atom. The van der Waals surface area contributed by atoms with Crippen LogP contribution in [0.4, 0.5) is 0 Å². The minimum Gasteiger partial charge on any atom is -0.497 e. The summed E-state index contributed by atoms with van der Waals surface area (Å²) in [5, 5.41) is 12.3. The number of hydrogen-bond acceptors (Lipinski definition) is 8. The van der Waals surface area contributed by atoms with Gasteiger partial charge in [-0.15, -0.1) is 11.3 Å². The van der Waals surface area contributed by atoms with Crippen molar-refractivity contribution in [3.05, 3.63) is 46.2 Å². The van der Waals surface area contributed by atoms with Crippen molar-refractivity contribution in [2.24, 2.45) is 0 Å². The molecule has 0 spiro atoms. The van der Waals surface area contributed by atoms with E-state index in [0.717, 1.165) is 17.7 Å². The van der Waals surface area contributed by atoms with Crippen molar-refractivity contribution in [3.63, 3.8) is 0 Å². The zero-order chi connectivity index (χ0) is 23.6. The van der Waals surface area contributed by atoms with E-state index in [1.807, 2.05) is 34.1 Å². The minimum atomic E-state index is -0.670. The van der Waals surface area contributed by atoms with Crippen molar-refractivity contribution in [3.8, 4) is 11.5 Å². The number of carbonyl (C=O) groups is 1. The maximum atomic E-state index is 13.4. The van der Waals surface area contributed by atoms with E-state index in [1.54, 1.807) is 32.7 Å². The number of benzene rings is 1. The molecule has 0 aliphatic carbocycles. The molecule has 0 saturated carbocycles. The van der Waals surface area contributed by atoms with E-state index in [9.17, 15) is 9.90 Å². The number of aliphatic hydroxyl groups is 1. The smallest absolute Gasteiger partial charge is 0.237 e. The predicted molar refractivity (Wildman–Crippen MR) is 127 cm³/mol. The second-order valence-electron chi connectivity index (χ2n) is 7.98. The number of carbonyl (C=O) groups excluding carboxylic acids is 1. The van der Waals surface area contributed by atoms with Gasteiger partial charge < -0.3 is 29.0 Å². The summed E-state index contributed by atoms with van der Waals surface area (Å²) in [5.74, 6) is 1.43. The third-order valence-corrected chi connectivity index (χ3v) is 6.66. The van der Waals surface area contributed by atoms with Gasteiger partial charge in [-0.3, -0.25) is 9.69 Å². The summed E-state index contributed by atoms with van der Waals surface area (Å²) in [4.78, 5) is 18.5. The third-order valence-electron chi connectivity index (χ3n) is 5.66. The van der Waals surface area contributed by atoms with Gasteiger partial charge in [0.05, 0.1) is 39.0 Å². The molecule has 1 N–H and O–H groups in total. The maximum Gasteiger partial charge on any atom is 0.237 e. The molecule has 1 amide bonds. The van der Waals surface area contributed by atoms with Crippen molar-refractivity contribution in [2.45, 2.75) is 18.6 Å². The summed E-state index contributed by atoms with van der Waals surface area (Å²) in [6.07, 6.45) is 0.162. The number of nitrogens with zero attached hydrogens (tertiary/aromatic N) is 2. The number of aliphatic hydroxyl groups excluding tert-OH is 1. The molecule has 0 bridgehead atoms. The second-order valence-corrected chi connectivity index (χ2v) is 8.98. The Balaban J connectivity index is 1.71. The molecular weight excluding hydrogens is 444 g/mol. The summed E-state index contributed by atoms with van der Waals surface area (Å²) in [5.41, 5.74) is 1.14. The zero-order valence-electron chi connectivity index (χ0n) is 19.6. The van der Waals surface area contributed by atoms with Crippen LogP contribution in [0.1, 0.15) is 16.5 Å². The fourth-order valence-corrected chi connectivity index (χ4v) is 4.95. The summed E-state index contributed by atoms with van der Waals surface area (Å²) in [7, 11) is 4.80. The number of thiophene rings is 1. The molecule has 1 aromatic carbocycles. The molecule has 182 valence electrons. The normalized spacial score (nSPS) is 16.5. The molecule has 2 aromatic rings. The third kappa shape index (κ3) is 7.15. The van der Waals surface area contributed by atoms with Crippen LogP contribution in [0.15, 0.2) is 35.7 Å². The quantitative estimate of drug-likeness (QED) is 0.473. The number of methoxy groups -OCH3 is 3. The van der Waals surface area contributed by atoms with Gasteiger partial charge in [0.1, 0.15) is 18.1 Å². The summed E-state index contributed by atoms with van der Waals surface area (Å²) < 4.78 is 21.6. The lowest BCUT2D eigenvalue weighted by atomic mass is 10.0. The highest BCUT2D eigenvalue weighted by molar-refractivity contribution is 7.10. The highest BCUT2D eigenvalue weighted by Crippen LogP contribution is 2.34. The van der Waals surface area contributed by atoms with E-state index in [1.165, 1.54) is 4.88 Å². The lowest BCUT2D eigenvalue weighted by Crippen LogP contribution is -2.48. The lowest BCUT2D eigenvalue weighted by molar-refractivity contribution is -0.136. The summed E-state index contributed by atoms with van der Waals surface area (Å²) in [6, 6.07) is 9.39. The van der Waals surface area contributed by atoms with Crippen molar-refractivity contribution in [1.29, 1.82) is 0 Å². The maximum absolute atomic E-state index is 13.4. The zero-order valence-corrected chi connectivity index (χ0v) is 20.4. The van der Waals surface area contributed by atoms with E-state index in [2.05, 4.69) is 11.4 Å².